The van der Waals surface area contributed by atoms with Gasteiger partial charge >= 0.3 is 0 Å². The first kappa shape index (κ1) is 14.0. The highest BCUT2D eigenvalue weighted by Crippen LogP contribution is 2.13. The van der Waals surface area contributed by atoms with Crippen molar-refractivity contribution in [3.05, 3.63) is 66.0 Å². The molecule has 0 aliphatic heterocycles. The van der Waals surface area contributed by atoms with Crippen molar-refractivity contribution in [3.63, 3.8) is 0 Å². The van der Waals surface area contributed by atoms with Crippen molar-refractivity contribution in [3.8, 4) is 5.75 Å². The van der Waals surface area contributed by atoms with E-state index in [0.717, 1.165) is 16.7 Å². The lowest BCUT2D eigenvalue weighted by atomic mass is 10.2. The van der Waals surface area contributed by atoms with E-state index in [1.807, 2.05) is 42.5 Å². The second kappa shape index (κ2) is 6.22. The number of carbonyl (C=O) groups is 1. The quantitative estimate of drug-likeness (QED) is 0.803. The van der Waals surface area contributed by atoms with Crippen LogP contribution in [0.2, 0.25) is 0 Å². The number of fused-ring (bicyclic) bond motifs is 1. The van der Waals surface area contributed by atoms with Crippen LogP contribution in [0.25, 0.3) is 11.0 Å². The van der Waals surface area contributed by atoms with E-state index in [1.165, 1.54) is 0 Å². The molecule has 0 unspecified atom stereocenters. The molecule has 3 rings (SSSR count). The van der Waals surface area contributed by atoms with Gasteiger partial charge in [0.25, 0.3) is 5.91 Å². The Morgan fingerprint density at radius 3 is 2.95 bits per heavy atom. The van der Waals surface area contributed by atoms with Crippen LogP contribution in [-0.2, 0) is 6.54 Å². The monoisotopic (exact) mass is 293 g/mol. The van der Waals surface area contributed by atoms with Gasteiger partial charge in [-0.25, -0.2) is 9.97 Å². The lowest BCUT2D eigenvalue weighted by molar-refractivity contribution is 0.0946. The summed E-state index contributed by atoms with van der Waals surface area (Å²) < 4.78 is 5.16. The summed E-state index contributed by atoms with van der Waals surface area (Å²) in [5, 5.41) is 3.76. The van der Waals surface area contributed by atoms with Gasteiger partial charge in [0, 0.05) is 18.1 Å². The molecule has 0 bridgehead atoms. The minimum absolute atomic E-state index is 0.227. The first-order valence-corrected chi connectivity index (χ1v) is 6.89. The first-order chi connectivity index (χ1) is 10.8. The second-order valence-electron chi connectivity index (χ2n) is 4.78. The Morgan fingerprint density at radius 1 is 1.18 bits per heavy atom. The van der Waals surface area contributed by atoms with Crippen molar-refractivity contribution < 1.29 is 9.53 Å². The molecule has 22 heavy (non-hydrogen) atoms. The maximum Gasteiger partial charge on any atom is 0.270 e. The van der Waals surface area contributed by atoms with Crippen LogP contribution >= 0.6 is 0 Å². The molecule has 2 heterocycles. The van der Waals surface area contributed by atoms with Crippen LogP contribution in [0.15, 0.2) is 54.7 Å². The fraction of sp³-hybridized carbons (Fsp3) is 0.118. The lowest BCUT2D eigenvalue weighted by Gasteiger charge is -2.07. The third-order valence-corrected chi connectivity index (χ3v) is 3.28. The summed E-state index contributed by atoms with van der Waals surface area (Å²) in [6.07, 6.45) is 1.66. The van der Waals surface area contributed by atoms with Gasteiger partial charge in [0.2, 0.25) is 0 Å². The number of ether oxygens (including phenoxy) is 1. The Bertz CT molecular complexity index is 818. The molecule has 5 nitrogen and oxygen atoms in total. The molecule has 110 valence electrons. The molecular formula is C17H15N3O2. The van der Waals surface area contributed by atoms with E-state index in [-0.39, 0.29) is 5.91 Å². The van der Waals surface area contributed by atoms with Gasteiger partial charge in [-0.2, -0.15) is 0 Å². The van der Waals surface area contributed by atoms with Gasteiger partial charge < -0.3 is 10.1 Å². The van der Waals surface area contributed by atoms with Gasteiger partial charge in [-0.3, -0.25) is 4.79 Å². The topological polar surface area (TPSA) is 64.1 Å². The van der Waals surface area contributed by atoms with Gasteiger partial charge in [0.15, 0.2) is 5.65 Å². The molecule has 0 saturated carbocycles. The van der Waals surface area contributed by atoms with E-state index >= 15 is 0 Å². The predicted molar refractivity (Wildman–Crippen MR) is 83.7 cm³/mol. The van der Waals surface area contributed by atoms with Crippen LogP contribution < -0.4 is 10.1 Å². The van der Waals surface area contributed by atoms with Crippen LogP contribution in [0, 0.1) is 0 Å². The summed E-state index contributed by atoms with van der Waals surface area (Å²) in [7, 11) is 1.61. The predicted octanol–water partition coefficient (Wildman–Crippen LogP) is 2.57. The minimum atomic E-state index is -0.227. The van der Waals surface area contributed by atoms with Crippen molar-refractivity contribution in [1.82, 2.24) is 15.3 Å². The molecule has 0 fully saturated rings. The smallest absolute Gasteiger partial charge is 0.270 e. The summed E-state index contributed by atoms with van der Waals surface area (Å²) in [5.41, 5.74) is 1.89. The van der Waals surface area contributed by atoms with Gasteiger partial charge in [-0.15, -0.1) is 0 Å². The Labute approximate surface area is 128 Å². The Morgan fingerprint density at radius 2 is 2.09 bits per heavy atom. The third-order valence-electron chi connectivity index (χ3n) is 3.28. The number of carbonyl (C=O) groups excluding carboxylic acids is 1. The fourth-order valence-corrected chi connectivity index (χ4v) is 2.13. The maximum atomic E-state index is 12.2. The normalized spacial score (nSPS) is 10.4. The van der Waals surface area contributed by atoms with Crippen molar-refractivity contribution in [2.45, 2.75) is 6.54 Å². The SMILES string of the molecule is COc1cccc(CNC(=O)c2ccc3cccnc3n2)c1. The van der Waals surface area contributed by atoms with Crippen LogP contribution in [0.5, 0.6) is 5.75 Å². The largest absolute Gasteiger partial charge is 0.497 e. The Balaban J connectivity index is 1.72. The van der Waals surface area contributed by atoms with Crippen molar-refractivity contribution >= 4 is 16.9 Å². The van der Waals surface area contributed by atoms with Crippen LogP contribution in [0.4, 0.5) is 0 Å². The summed E-state index contributed by atoms with van der Waals surface area (Å²) >= 11 is 0. The van der Waals surface area contributed by atoms with Gasteiger partial charge in [-0.05, 0) is 42.0 Å². The number of nitrogens with zero attached hydrogens (tertiary/aromatic N) is 2. The summed E-state index contributed by atoms with van der Waals surface area (Å²) in [4.78, 5) is 20.6. The summed E-state index contributed by atoms with van der Waals surface area (Å²) in [6.45, 7) is 0.415. The third kappa shape index (κ3) is 3.03. The first-order valence-electron chi connectivity index (χ1n) is 6.89. The molecule has 1 aromatic carbocycles. The standard InChI is InChI=1S/C17H15N3O2/c1-22-14-6-2-4-12(10-14)11-19-17(21)15-8-7-13-5-3-9-18-16(13)20-15/h2-10H,11H2,1H3,(H,19,21). The molecule has 0 aliphatic carbocycles. The van der Waals surface area contributed by atoms with E-state index in [4.69, 9.17) is 4.74 Å². The molecule has 3 aromatic rings. The van der Waals surface area contributed by atoms with Gasteiger partial charge in [0.1, 0.15) is 11.4 Å². The Hall–Kier alpha value is -2.95. The number of nitrogens with one attached hydrogen (secondary N) is 1. The number of hydrogen-bond donors (Lipinski definition) is 1. The number of rotatable bonds is 4. The van der Waals surface area contributed by atoms with Crippen LogP contribution in [0.1, 0.15) is 16.1 Å². The number of methoxy groups -OCH3 is 1. The van der Waals surface area contributed by atoms with E-state index < -0.39 is 0 Å². The molecule has 2 aromatic heterocycles. The summed E-state index contributed by atoms with van der Waals surface area (Å²) in [6, 6.07) is 14.9. The Kier molecular flexibility index (Phi) is 3.96. The molecule has 1 N–H and O–H groups in total. The van der Waals surface area contributed by atoms with Gasteiger partial charge in [-0.1, -0.05) is 12.1 Å². The highest BCUT2D eigenvalue weighted by Gasteiger charge is 2.08. The molecule has 0 spiro atoms. The zero-order valence-electron chi connectivity index (χ0n) is 12.1. The van der Waals surface area contributed by atoms with E-state index in [1.54, 1.807) is 19.4 Å². The number of pyridine rings is 2. The number of benzene rings is 1. The maximum absolute atomic E-state index is 12.2. The molecule has 0 atom stereocenters. The van der Waals surface area contributed by atoms with Crippen LogP contribution in [-0.4, -0.2) is 23.0 Å². The molecule has 5 heteroatoms. The number of hydrogen-bond acceptors (Lipinski definition) is 4. The average Bonchev–Trinajstić information content (AvgIpc) is 2.59. The van der Waals surface area contributed by atoms with Crippen molar-refractivity contribution in [2.75, 3.05) is 7.11 Å². The van der Waals surface area contributed by atoms with Crippen LogP contribution in [0.3, 0.4) is 0 Å². The van der Waals surface area contributed by atoms with E-state index in [0.29, 0.717) is 17.9 Å². The minimum Gasteiger partial charge on any atom is -0.497 e. The van der Waals surface area contributed by atoms with E-state index in [9.17, 15) is 4.79 Å². The second-order valence-corrected chi connectivity index (χ2v) is 4.78. The van der Waals surface area contributed by atoms with E-state index in [2.05, 4.69) is 15.3 Å². The highest BCUT2D eigenvalue weighted by atomic mass is 16.5. The van der Waals surface area contributed by atoms with Crippen molar-refractivity contribution in [2.24, 2.45) is 0 Å². The number of amides is 1. The molecule has 0 radical (unpaired) electrons. The van der Waals surface area contributed by atoms with Gasteiger partial charge in [0.05, 0.1) is 7.11 Å². The number of aromatic nitrogens is 2. The molecule has 1 amide bonds. The molecule has 0 aliphatic rings. The zero-order valence-corrected chi connectivity index (χ0v) is 12.1. The molecular weight excluding hydrogens is 278 g/mol. The van der Waals surface area contributed by atoms with Crippen molar-refractivity contribution in [1.29, 1.82) is 0 Å². The lowest BCUT2D eigenvalue weighted by Crippen LogP contribution is -2.23. The fourth-order valence-electron chi connectivity index (χ4n) is 2.13. The molecule has 0 saturated heterocycles. The average molecular weight is 293 g/mol. The zero-order chi connectivity index (χ0) is 15.4. The highest BCUT2D eigenvalue weighted by molar-refractivity contribution is 5.94. The summed E-state index contributed by atoms with van der Waals surface area (Å²) in [5.74, 6) is 0.537.